The molecule has 0 spiro atoms. The Hall–Kier alpha value is -0.920. The first kappa shape index (κ1) is 14.0. The van der Waals surface area contributed by atoms with Gasteiger partial charge in [-0.15, -0.1) is 0 Å². The SMILES string of the molecule is OC(Cc1nc2ccccc2o1)c1cc(I)ccc1Br. The summed E-state index contributed by atoms with van der Waals surface area (Å²) in [5.41, 5.74) is 2.41. The second-order valence-electron chi connectivity index (χ2n) is 4.46. The highest BCUT2D eigenvalue weighted by atomic mass is 127. The Morgan fingerprint density at radius 3 is 2.85 bits per heavy atom. The zero-order valence-electron chi connectivity index (χ0n) is 10.4. The van der Waals surface area contributed by atoms with Gasteiger partial charge in [0.2, 0.25) is 0 Å². The molecule has 5 heteroatoms. The van der Waals surface area contributed by atoms with E-state index in [0.717, 1.165) is 24.7 Å². The molecule has 1 aromatic heterocycles. The topological polar surface area (TPSA) is 46.3 Å². The Bertz CT molecular complexity index is 723. The number of nitrogens with zero attached hydrogens (tertiary/aromatic N) is 1. The van der Waals surface area contributed by atoms with Crippen molar-refractivity contribution < 1.29 is 9.52 Å². The standard InChI is InChI=1S/C15H11BrINO2/c16-11-6-5-9(17)7-10(11)13(19)8-15-18-12-3-1-2-4-14(12)20-15/h1-7,13,19H,8H2. The van der Waals surface area contributed by atoms with Crippen LogP contribution in [0.2, 0.25) is 0 Å². The lowest BCUT2D eigenvalue weighted by Gasteiger charge is -2.11. The summed E-state index contributed by atoms with van der Waals surface area (Å²) >= 11 is 5.69. The largest absolute Gasteiger partial charge is 0.441 e. The molecule has 0 radical (unpaired) electrons. The maximum Gasteiger partial charge on any atom is 0.198 e. The summed E-state index contributed by atoms with van der Waals surface area (Å²) < 4.78 is 7.61. The molecule has 0 aliphatic carbocycles. The number of rotatable bonds is 3. The van der Waals surface area contributed by atoms with Gasteiger partial charge in [0.25, 0.3) is 0 Å². The Kier molecular flexibility index (Phi) is 4.09. The minimum Gasteiger partial charge on any atom is -0.441 e. The van der Waals surface area contributed by atoms with Gasteiger partial charge in [-0.2, -0.15) is 0 Å². The fourth-order valence-corrected chi connectivity index (χ4v) is 3.08. The average Bonchev–Trinajstić information content (AvgIpc) is 2.83. The van der Waals surface area contributed by atoms with E-state index in [1.165, 1.54) is 0 Å². The van der Waals surface area contributed by atoms with Gasteiger partial charge in [0.15, 0.2) is 11.5 Å². The molecule has 1 unspecified atom stereocenters. The molecule has 0 aliphatic rings. The van der Waals surface area contributed by atoms with E-state index in [2.05, 4.69) is 43.5 Å². The van der Waals surface area contributed by atoms with Crippen molar-refractivity contribution in [2.75, 3.05) is 0 Å². The first-order valence-corrected chi connectivity index (χ1v) is 7.98. The molecule has 0 saturated heterocycles. The Balaban J connectivity index is 1.88. The van der Waals surface area contributed by atoms with Crippen LogP contribution in [-0.4, -0.2) is 10.1 Å². The third-order valence-electron chi connectivity index (χ3n) is 3.02. The van der Waals surface area contributed by atoms with Gasteiger partial charge in [-0.25, -0.2) is 4.98 Å². The van der Waals surface area contributed by atoms with E-state index < -0.39 is 6.10 Å². The van der Waals surface area contributed by atoms with Crippen molar-refractivity contribution >= 4 is 49.6 Å². The molecule has 3 aromatic rings. The lowest BCUT2D eigenvalue weighted by Crippen LogP contribution is -2.03. The second kappa shape index (κ2) is 5.83. The van der Waals surface area contributed by atoms with Gasteiger partial charge in [0.05, 0.1) is 12.5 Å². The Morgan fingerprint density at radius 2 is 2.05 bits per heavy atom. The van der Waals surface area contributed by atoms with Gasteiger partial charge in [-0.05, 0) is 58.5 Å². The molecular weight excluding hydrogens is 433 g/mol. The predicted molar refractivity (Wildman–Crippen MR) is 89.5 cm³/mol. The summed E-state index contributed by atoms with van der Waals surface area (Å²) in [6, 6.07) is 13.5. The first-order valence-electron chi connectivity index (χ1n) is 6.11. The number of aliphatic hydroxyl groups excluding tert-OH is 1. The Morgan fingerprint density at radius 1 is 1.25 bits per heavy atom. The quantitative estimate of drug-likeness (QED) is 0.607. The third kappa shape index (κ3) is 2.89. The highest BCUT2D eigenvalue weighted by molar-refractivity contribution is 14.1. The van der Waals surface area contributed by atoms with Gasteiger partial charge in [0, 0.05) is 8.04 Å². The summed E-state index contributed by atoms with van der Waals surface area (Å²) in [6.45, 7) is 0. The van der Waals surface area contributed by atoms with Crippen LogP contribution in [0.5, 0.6) is 0 Å². The summed E-state index contributed by atoms with van der Waals surface area (Å²) in [5.74, 6) is 0.546. The van der Waals surface area contributed by atoms with Crippen LogP contribution in [0.1, 0.15) is 17.6 Å². The summed E-state index contributed by atoms with van der Waals surface area (Å²) in [5, 5.41) is 10.4. The highest BCUT2D eigenvalue weighted by Crippen LogP contribution is 2.28. The van der Waals surface area contributed by atoms with Crippen molar-refractivity contribution in [2.45, 2.75) is 12.5 Å². The van der Waals surface area contributed by atoms with E-state index in [-0.39, 0.29) is 0 Å². The molecule has 3 nitrogen and oxygen atoms in total. The molecule has 20 heavy (non-hydrogen) atoms. The molecule has 3 rings (SSSR count). The molecule has 1 atom stereocenters. The molecule has 0 aliphatic heterocycles. The summed E-state index contributed by atoms with van der Waals surface area (Å²) in [7, 11) is 0. The number of para-hydroxylation sites is 2. The fraction of sp³-hybridized carbons (Fsp3) is 0.133. The number of halogens is 2. The Labute approximate surface area is 138 Å². The van der Waals surface area contributed by atoms with Crippen molar-refractivity contribution in [1.82, 2.24) is 4.98 Å². The van der Waals surface area contributed by atoms with Crippen molar-refractivity contribution in [2.24, 2.45) is 0 Å². The number of aliphatic hydroxyl groups is 1. The van der Waals surface area contributed by atoms with Crippen LogP contribution in [-0.2, 0) is 6.42 Å². The number of fused-ring (bicyclic) bond motifs is 1. The van der Waals surface area contributed by atoms with Crippen LogP contribution >= 0.6 is 38.5 Å². The summed E-state index contributed by atoms with van der Waals surface area (Å²) in [6.07, 6.45) is -0.292. The maximum atomic E-state index is 10.4. The molecule has 0 saturated carbocycles. The normalized spacial score (nSPS) is 12.8. The minimum atomic E-state index is -0.646. The molecule has 102 valence electrons. The van der Waals surface area contributed by atoms with Crippen LogP contribution in [0, 0.1) is 3.57 Å². The maximum absolute atomic E-state index is 10.4. The van der Waals surface area contributed by atoms with Gasteiger partial charge < -0.3 is 9.52 Å². The molecule has 2 aromatic carbocycles. The van der Waals surface area contributed by atoms with Crippen LogP contribution in [0.4, 0.5) is 0 Å². The lowest BCUT2D eigenvalue weighted by molar-refractivity contribution is 0.168. The minimum absolute atomic E-state index is 0.355. The first-order chi connectivity index (χ1) is 9.63. The molecule has 0 fully saturated rings. The van der Waals surface area contributed by atoms with E-state index in [1.54, 1.807) is 0 Å². The molecule has 1 N–H and O–H groups in total. The predicted octanol–water partition coefficient (Wildman–Crippen LogP) is 4.47. The van der Waals surface area contributed by atoms with Gasteiger partial charge in [0.1, 0.15) is 5.52 Å². The molecule has 0 bridgehead atoms. The van der Waals surface area contributed by atoms with Crippen LogP contribution < -0.4 is 0 Å². The third-order valence-corrected chi connectivity index (χ3v) is 4.42. The zero-order valence-corrected chi connectivity index (χ0v) is 14.1. The van der Waals surface area contributed by atoms with E-state index in [0.29, 0.717) is 12.3 Å². The second-order valence-corrected chi connectivity index (χ2v) is 6.56. The van der Waals surface area contributed by atoms with E-state index >= 15 is 0 Å². The average molecular weight is 444 g/mol. The number of aromatic nitrogens is 1. The number of oxazole rings is 1. The van der Waals surface area contributed by atoms with Crippen molar-refractivity contribution in [3.05, 3.63) is 62.0 Å². The van der Waals surface area contributed by atoms with Crippen LogP contribution in [0.3, 0.4) is 0 Å². The lowest BCUT2D eigenvalue weighted by atomic mass is 10.1. The molecule has 1 heterocycles. The van der Waals surface area contributed by atoms with Crippen LogP contribution in [0.15, 0.2) is 51.4 Å². The van der Waals surface area contributed by atoms with Gasteiger partial charge >= 0.3 is 0 Å². The monoisotopic (exact) mass is 443 g/mol. The summed E-state index contributed by atoms with van der Waals surface area (Å²) in [4.78, 5) is 4.39. The van der Waals surface area contributed by atoms with Crippen molar-refractivity contribution in [3.8, 4) is 0 Å². The smallest absolute Gasteiger partial charge is 0.198 e. The van der Waals surface area contributed by atoms with E-state index in [1.807, 2.05) is 42.5 Å². The molecule has 0 amide bonds. The number of hydrogen-bond donors (Lipinski definition) is 1. The van der Waals surface area contributed by atoms with E-state index in [4.69, 9.17) is 4.42 Å². The van der Waals surface area contributed by atoms with E-state index in [9.17, 15) is 5.11 Å². The highest BCUT2D eigenvalue weighted by Gasteiger charge is 2.16. The number of benzene rings is 2. The van der Waals surface area contributed by atoms with Crippen molar-refractivity contribution in [3.63, 3.8) is 0 Å². The fourth-order valence-electron chi connectivity index (χ4n) is 2.05. The van der Waals surface area contributed by atoms with Crippen LogP contribution in [0.25, 0.3) is 11.1 Å². The van der Waals surface area contributed by atoms with Crippen molar-refractivity contribution in [1.29, 1.82) is 0 Å². The number of hydrogen-bond acceptors (Lipinski definition) is 3. The zero-order chi connectivity index (χ0) is 14.1. The molecular formula is C15H11BrINO2. The van der Waals surface area contributed by atoms with Gasteiger partial charge in [-0.3, -0.25) is 0 Å². The van der Waals surface area contributed by atoms with Gasteiger partial charge in [-0.1, -0.05) is 28.1 Å².